The molecular weight excluding hydrogens is 294 g/mol. The normalized spacial score (nSPS) is 15.6. The number of carbonyl (C=O) groups excluding carboxylic acids is 1. The summed E-state index contributed by atoms with van der Waals surface area (Å²) in [5.41, 5.74) is 1.05. The number of halogens is 1. The van der Waals surface area contributed by atoms with Crippen LogP contribution in [-0.4, -0.2) is 30.5 Å². The first-order chi connectivity index (χ1) is 8.66. The molecule has 1 amide bonds. The molecule has 1 aliphatic rings. The lowest BCUT2D eigenvalue weighted by Gasteiger charge is -2.26. The average Bonchev–Trinajstić information content (AvgIpc) is 2.40. The molecule has 0 spiro atoms. The molecule has 98 valence electrons. The van der Waals surface area contributed by atoms with Gasteiger partial charge in [0.25, 0.3) is 5.91 Å². The molecule has 0 atom stereocenters. The summed E-state index contributed by atoms with van der Waals surface area (Å²) in [5, 5.41) is 0. The highest BCUT2D eigenvalue weighted by atomic mass is 79.9. The Morgan fingerprint density at radius 3 is 2.78 bits per heavy atom. The minimum Gasteiger partial charge on any atom is -0.483 e. The Kier molecular flexibility index (Phi) is 4.64. The molecule has 0 N–H and O–H groups in total. The summed E-state index contributed by atoms with van der Waals surface area (Å²) in [6.07, 6.45) is 3.46. The zero-order valence-corrected chi connectivity index (χ0v) is 12.2. The average molecular weight is 312 g/mol. The Bertz CT molecular complexity index is 428. The molecule has 1 heterocycles. The smallest absolute Gasteiger partial charge is 0.260 e. The van der Waals surface area contributed by atoms with Crippen molar-refractivity contribution >= 4 is 21.8 Å². The summed E-state index contributed by atoms with van der Waals surface area (Å²) < 4.78 is 6.58. The van der Waals surface area contributed by atoms with Gasteiger partial charge in [0.1, 0.15) is 5.75 Å². The van der Waals surface area contributed by atoms with Gasteiger partial charge in [-0.25, -0.2) is 0 Å². The second kappa shape index (κ2) is 6.23. The van der Waals surface area contributed by atoms with Gasteiger partial charge in [0.15, 0.2) is 6.61 Å². The Hall–Kier alpha value is -1.03. The first kappa shape index (κ1) is 13.4. The molecule has 0 saturated carbocycles. The molecule has 3 nitrogen and oxygen atoms in total. The zero-order valence-electron chi connectivity index (χ0n) is 10.6. The standard InChI is InChI=1S/C14H18BrNO2/c1-11-5-6-12(15)9-13(11)18-10-14(17)16-7-3-2-4-8-16/h5-6,9H,2-4,7-8,10H2,1H3. The molecule has 0 bridgehead atoms. The lowest BCUT2D eigenvalue weighted by molar-refractivity contribution is -0.134. The molecule has 18 heavy (non-hydrogen) atoms. The van der Waals surface area contributed by atoms with Crippen LogP contribution in [0.3, 0.4) is 0 Å². The molecular formula is C14H18BrNO2. The van der Waals surface area contributed by atoms with E-state index in [2.05, 4.69) is 15.9 Å². The fourth-order valence-electron chi connectivity index (χ4n) is 2.10. The highest BCUT2D eigenvalue weighted by Crippen LogP contribution is 2.23. The van der Waals surface area contributed by atoms with E-state index in [0.29, 0.717) is 0 Å². The van der Waals surface area contributed by atoms with Crippen molar-refractivity contribution in [1.29, 1.82) is 0 Å². The van der Waals surface area contributed by atoms with Crippen LogP contribution in [0.5, 0.6) is 5.75 Å². The number of hydrogen-bond acceptors (Lipinski definition) is 2. The van der Waals surface area contributed by atoms with Crippen molar-refractivity contribution in [3.63, 3.8) is 0 Å². The van der Waals surface area contributed by atoms with Gasteiger partial charge < -0.3 is 9.64 Å². The second-order valence-electron chi connectivity index (χ2n) is 4.64. The largest absolute Gasteiger partial charge is 0.483 e. The van der Waals surface area contributed by atoms with Crippen molar-refractivity contribution in [3.8, 4) is 5.75 Å². The number of nitrogens with zero attached hydrogens (tertiary/aromatic N) is 1. The van der Waals surface area contributed by atoms with Crippen LogP contribution in [0.15, 0.2) is 22.7 Å². The molecule has 2 rings (SSSR count). The summed E-state index contributed by atoms with van der Waals surface area (Å²) in [6.45, 7) is 3.86. The maximum Gasteiger partial charge on any atom is 0.260 e. The third-order valence-corrected chi connectivity index (χ3v) is 3.70. The third kappa shape index (κ3) is 3.48. The van der Waals surface area contributed by atoms with Crippen LogP contribution in [0.25, 0.3) is 0 Å². The van der Waals surface area contributed by atoms with Crippen LogP contribution >= 0.6 is 15.9 Å². The van der Waals surface area contributed by atoms with E-state index in [-0.39, 0.29) is 12.5 Å². The van der Waals surface area contributed by atoms with E-state index in [0.717, 1.165) is 41.7 Å². The van der Waals surface area contributed by atoms with E-state index in [1.165, 1.54) is 6.42 Å². The van der Waals surface area contributed by atoms with E-state index in [1.807, 2.05) is 30.0 Å². The fraction of sp³-hybridized carbons (Fsp3) is 0.500. The predicted molar refractivity (Wildman–Crippen MR) is 74.8 cm³/mol. The lowest BCUT2D eigenvalue weighted by Crippen LogP contribution is -2.38. The minimum absolute atomic E-state index is 0.0917. The van der Waals surface area contributed by atoms with E-state index in [9.17, 15) is 4.79 Å². The number of likely N-dealkylation sites (tertiary alicyclic amines) is 1. The van der Waals surface area contributed by atoms with E-state index in [1.54, 1.807) is 0 Å². The topological polar surface area (TPSA) is 29.5 Å². The van der Waals surface area contributed by atoms with Crippen molar-refractivity contribution < 1.29 is 9.53 Å². The molecule has 0 unspecified atom stereocenters. The van der Waals surface area contributed by atoms with E-state index in [4.69, 9.17) is 4.74 Å². The summed E-state index contributed by atoms with van der Waals surface area (Å²) in [4.78, 5) is 13.9. The summed E-state index contributed by atoms with van der Waals surface area (Å²) in [7, 11) is 0. The number of rotatable bonds is 3. The first-order valence-corrected chi connectivity index (χ1v) is 7.13. The van der Waals surface area contributed by atoms with Gasteiger partial charge in [-0.15, -0.1) is 0 Å². The molecule has 1 saturated heterocycles. The van der Waals surface area contributed by atoms with Gasteiger partial charge in [0.05, 0.1) is 0 Å². The van der Waals surface area contributed by atoms with Crippen LogP contribution < -0.4 is 4.74 Å². The Morgan fingerprint density at radius 2 is 2.06 bits per heavy atom. The molecule has 1 aliphatic heterocycles. The molecule has 4 heteroatoms. The maximum absolute atomic E-state index is 12.0. The monoisotopic (exact) mass is 311 g/mol. The fourth-order valence-corrected chi connectivity index (χ4v) is 2.44. The molecule has 1 aromatic rings. The van der Waals surface area contributed by atoms with Crippen LogP contribution in [-0.2, 0) is 4.79 Å². The first-order valence-electron chi connectivity index (χ1n) is 6.33. The zero-order chi connectivity index (χ0) is 13.0. The van der Waals surface area contributed by atoms with Crippen molar-refractivity contribution in [2.45, 2.75) is 26.2 Å². The molecule has 0 aliphatic carbocycles. The number of hydrogen-bond donors (Lipinski definition) is 0. The van der Waals surface area contributed by atoms with E-state index < -0.39 is 0 Å². The maximum atomic E-state index is 12.0. The Labute approximate surface area is 116 Å². The van der Waals surface area contributed by atoms with Gasteiger partial charge in [-0.05, 0) is 43.9 Å². The van der Waals surface area contributed by atoms with Crippen LogP contribution in [0, 0.1) is 6.92 Å². The highest BCUT2D eigenvalue weighted by molar-refractivity contribution is 9.10. The quantitative estimate of drug-likeness (QED) is 0.858. The molecule has 0 aromatic heterocycles. The third-order valence-electron chi connectivity index (χ3n) is 3.21. The Morgan fingerprint density at radius 1 is 1.33 bits per heavy atom. The van der Waals surface area contributed by atoms with Crippen molar-refractivity contribution in [1.82, 2.24) is 4.90 Å². The van der Waals surface area contributed by atoms with Gasteiger partial charge in [0.2, 0.25) is 0 Å². The van der Waals surface area contributed by atoms with Gasteiger partial charge >= 0.3 is 0 Å². The van der Waals surface area contributed by atoms with Gasteiger partial charge in [-0.1, -0.05) is 22.0 Å². The highest BCUT2D eigenvalue weighted by Gasteiger charge is 2.17. The van der Waals surface area contributed by atoms with Crippen molar-refractivity contribution in [2.24, 2.45) is 0 Å². The SMILES string of the molecule is Cc1ccc(Br)cc1OCC(=O)N1CCCCC1. The van der Waals surface area contributed by atoms with E-state index >= 15 is 0 Å². The minimum atomic E-state index is 0.0917. The van der Waals surface area contributed by atoms with Crippen LogP contribution in [0.1, 0.15) is 24.8 Å². The van der Waals surface area contributed by atoms with Crippen LogP contribution in [0.2, 0.25) is 0 Å². The summed E-state index contributed by atoms with van der Waals surface area (Å²) >= 11 is 3.40. The molecule has 0 radical (unpaired) electrons. The predicted octanol–water partition coefficient (Wildman–Crippen LogP) is 3.15. The number of piperidine rings is 1. The molecule has 1 aromatic carbocycles. The number of benzene rings is 1. The second-order valence-corrected chi connectivity index (χ2v) is 5.56. The van der Waals surface area contributed by atoms with Crippen molar-refractivity contribution in [3.05, 3.63) is 28.2 Å². The van der Waals surface area contributed by atoms with Gasteiger partial charge in [0, 0.05) is 17.6 Å². The Balaban J connectivity index is 1.90. The number of ether oxygens (including phenoxy) is 1. The van der Waals surface area contributed by atoms with Crippen molar-refractivity contribution in [2.75, 3.05) is 19.7 Å². The number of aryl methyl sites for hydroxylation is 1. The number of amides is 1. The molecule has 1 fully saturated rings. The lowest BCUT2D eigenvalue weighted by atomic mass is 10.1. The van der Waals surface area contributed by atoms with Gasteiger partial charge in [-0.3, -0.25) is 4.79 Å². The van der Waals surface area contributed by atoms with Gasteiger partial charge in [-0.2, -0.15) is 0 Å². The summed E-state index contributed by atoms with van der Waals surface area (Å²) in [6, 6.07) is 5.85. The number of carbonyl (C=O) groups is 1. The van der Waals surface area contributed by atoms with Crippen LogP contribution in [0.4, 0.5) is 0 Å². The summed E-state index contributed by atoms with van der Waals surface area (Å²) in [5.74, 6) is 0.865.